The number of pyridine rings is 1. The molecule has 1 saturated heterocycles. The lowest BCUT2D eigenvalue weighted by Gasteiger charge is -2.26. The molecular weight excluding hydrogens is 431 g/mol. The van der Waals surface area contributed by atoms with Gasteiger partial charge in [-0.05, 0) is 66.5 Å². The molecule has 2 aliphatic rings. The van der Waals surface area contributed by atoms with Gasteiger partial charge in [0, 0.05) is 30.8 Å². The van der Waals surface area contributed by atoms with Crippen LogP contribution in [0.5, 0.6) is 0 Å². The van der Waals surface area contributed by atoms with E-state index in [0.717, 1.165) is 40.9 Å². The lowest BCUT2D eigenvalue weighted by Crippen LogP contribution is -2.35. The molecule has 1 aromatic heterocycles. The molecule has 0 bridgehead atoms. The molecule has 1 amide bonds. The predicted octanol–water partition coefficient (Wildman–Crippen LogP) is 4.96. The Morgan fingerprint density at radius 2 is 2.06 bits per heavy atom. The minimum atomic E-state index is -3.08. The van der Waals surface area contributed by atoms with Crippen LogP contribution in [-0.2, 0) is 17.6 Å². The van der Waals surface area contributed by atoms with Crippen molar-refractivity contribution in [3.8, 4) is 0 Å². The minimum Gasteiger partial charge on any atom is -0.294 e. The zero-order chi connectivity index (χ0) is 23.6. The largest absolute Gasteiger partial charge is 0.306 e. The summed E-state index contributed by atoms with van der Waals surface area (Å²) in [4.78, 5) is 33.6. The maximum Gasteiger partial charge on any atom is 0.306 e. The van der Waals surface area contributed by atoms with Crippen LogP contribution in [0.3, 0.4) is 0 Å². The lowest BCUT2D eigenvalue weighted by molar-refractivity contribution is -0.132. The molecule has 1 aromatic carbocycles. The highest BCUT2D eigenvalue weighted by Crippen LogP contribution is 2.36. The summed E-state index contributed by atoms with van der Waals surface area (Å²) in [6.07, 6.45) is 4.19. The van der Waals surface area contributed by atoms with E-state index in [0.29, 0.717) is 12.0 Å². The molecule has 5 nitrogen and oxygen atoms in total. The molecule has 0 N–H and O–H groups in total. The van der Waals surface area contributed by atoms with Gasteiger partial charge in [0.2, 0.25) is 5.91 Å². The van der Waals surface area contributed by atoms with Gasteiger partial charge in [0.15, 0.2) is 5.78 Å². The SMILES string of the molecule is [C-]#[N+][C@@H]1CC(F)(F)CN1C(=O)CCC(=O)c1ccncc1CC1CCCc2cc(F)ccc21. The van der Waals surface area contributed by atoms with Crippen LogP contribution in [0.1, 0.15) is 65.1 Å². The Balaban J connectivity index is 1.44. The average Bonchev–Trinajstić information content (AvgIpc) is 3.12. The fourth-order valence-corrected chi connectivity index (χ4v) is 4.89. The number of halogens is 3. The first-order chi connectivity index (χ1) is 15.8. The topological polar surface area (TPSA) is 54.6 Å². The van der Waals surface area contributed by atoms with Gasteiger partial charge >= 0.3 is 6.17 Å². The number of nitrogens with zero attached hydrogens (tertiary/aromatic N) is 3. The van der Waals surface area contributed by atoms with E-state index < -0.39 is 31.0 Å². The van der Waals surface area contributed by atoms with Gasteiger partial charge in [0.25, 0.3) is 5.92 Å². The zero-order valence-electron chi connectivity index (χ0n) is 18.1. The maximum absolute atomic E-state index is 13.6. The molecule has 4 rings (SSSR count). The molecule has 2 atom stereocenters. The molecule has 1 aliphatic heterocycles. The first kappa shape index (κ1) is 23.0. The van der Waals surface area contributed by atoms with Gasteiger partial charge < -0.3 is 0 Å². The van der Waals surface area contributed by atoms with Gasteiger partial charge in [0.1, 0.15) is 12.2 Å². The van der Waals surface area contributed by atoms with Gasteiger partial charge in [-0.25, -0.2) is 19.7 Å². The Hall–Kier alpha value is -3.21. The summed E-state index contributed by atoms with van der Waals surface area (Å²) >= 11 is 0. The van der Waals surface area contributed by atoms with Crippen molar-refractivity contribution in [1.29, 1.82) is 0 Å². The zero-order valence-corrected chi connectivity index (χ0v) is 18.1. The smallest absolute Gasteiger partial charge is 0.294 e. The fraction of sp³-hybridized carbons (Fsp3) is 0.440. The molecule has 2 heterocycles. The number of aryl methyl sites for hydroxylation is 1. The molecule has 0 radical (unpaired) electrons. The second-order valence-electron chi connectivity index (χ2n) is 8.78. The molecule has 1 fully saturated rings. The van der Waals surface area contributed by atoms with Crippen LogP contribution in [0.25, 0.3) is 4.85 Å². The molecule has 33 heavy (non-hydrogen) atoms. The van der Waals surface area contributed by atoms with E-state index in [1.54, 1.807) is 18.3 Å². The van der Waals surface area contributed by atoms with Crippen LogP contribution in [0.2, 0.25) is 0 Å². The first-order valence-corrected chi connectivity index (χ1v) is 11.1. The molecule has 0 saturated carbocycles. The van der Waals surface area contributed by atoms with Crippen molar-refractivity contribution >= 4 is 11.7 Å². The number of amides is 1. The summed E-state index contributed by atoms with van der Waals surface area (Å²) in [5.74, 6) is -4.07. The summed E-state index contributed by atoms with van der Waals surface area (Å²) in [6, 6.07) is 6.45. The van der Waals surface area contributed by atoms with Gasteiger partial charge in [0.05, 0.1) is 6.54 Å². The maximum atomic E-state index is 13.6. The van der Waals surface area contributed by atoms with Crippen LogP contribution in [0.4, 0.5) is 13.2 Å². The van der Waals surface area contributed by atoms with E-state index in [1.165, 1.54) is 12.3 Å². The van der Waals surface area contributed by atoms with Gasteiger partial charge in [-0.2, -0.15) is 0 Å². The van der Waals surface area contributed by atoms with Crippen molar-refractivity contribution in [2.45, 2.75) is 63.0 Å². The van der Waals surface area contributed by atoms with Gasteiger partial charge in [-0.3, -0.25) is 24.3 Å². The Labute approximate surface area is 190 Å². The average molecular weight is 455 g/mol. The summed E-state index contributed by atoms with van der Waals surface area (Å²) in [6.45, 7) is 6.29. The van der Waals surface area contributed by atoms with E-state index in [2.05, 4.69) is 9.83 Å². The van der Waals surface area contributed by atoms with Crippen molar-refractivity contribution in [2.24, 2.45) is 0 Å². The molecule has 1 unspecified atom stereocenters. The number of carbonyl (C=O) groups is 2. The quantitative estimate of drug-likeness (QED) is 0.457. The van der Waals surface area contributed by atoms with Gasteiger partial charge in [-0.15, -0.1) is 0 Å². The van der Waals surface area contributed by atoms with Gasteiger partial charge in [-0.1, -0.05) is 6.07 Å². The Morgan fingerprint density at radius 3 is 2.85 bits per heavy atom. The summed E-state index contributed by atoms with van der Waals surface area (Å²) in [5.41, 5.74) is 3.29. The van der Waals surface area contributed by atoms with E-state index in [9.17, 15) is 22.8 Å². The first-order valence-electron chi connectivity index (χ1n) is 11.1. The summed E-state index contributed by atoms with van der Waals surface area (Å²) in [7, 11) is 0. The van der Waals surface area contributed by atoms with E-state index in [1.807, 2.05) is 6.07 Å². The number of rotatable bonds is 6. The highest BCUT2D eigenvalue weighted by atomic mass is 19.3. The number of benzene rings is 1. The highest BCUT2D eigenvalue weighted by molar-refractivity contribution is 5.99. The molecule has 172 valence electrons. The number of hydrogen-bond donors (Lipinski definition) is 0. The number of likely N-dealkylation sites (tertiary alicyclic amines) is 1. The van der Waals surface area contributed by atoms with Crippen molar-refractivity contribution in [3.05, 3.63) is 76.1 Å². The van der Waals surface area contributed by atoms with Crippen molar-refractivity contribution < 1.29 is 22.8 Å². The van der Waals surface area contributed by atoms with Crippen LogP contribution >= 0.6 is 0 Å². The summed E-state index contributed by atoms with van der Waals surface area (Å²) in [5, 5.41) is 0. The van der Waals surface area contributed by atoms with Crippen molar-refractivity contribution in [2.75, 3.05) is 6.54 Å². The predicted molar refractivity (Wildman–Crippen MR) is 115 cm³/mol. The summed E-state index contributed by atoms with van der Waals surface area (Å²) < 4.78 is 40.9. The van der Waals surface area contributed by atoms with Crippen LogP contribution < -0.4 is 0 Å². The highest BCUT2D eigenvalue weighted by Gasteiger charge is 2.50. The number of Topliss-reactive ketones (excluding diaryl/α,β-unsaturated/α-hetero) is 1. The third-order valence-corrected chi connectivity index (χ3v) is 6.49. The van der Waals surface area contributed by atoms with Crippen molar-refractivity contribution in [1.82, 2.24) is 9.88 Å². The van der Waals surface area contributed by atoms with E-state index in [-0.39, 0.29) is 30.4 Å². The number of carbonyl (C=O) groups excluding carboxylic acids is 2. The van der Waals surface area contributed by atoms with Crippen LogP contribution in [0, 0.1) is 12.4 Å². The van der Waals surface area contributed by atoms with Crippen molar-refractivity contribution in [3.63, 3.8) is 0 Å². The lowest BCUT2D eigenvalue weighted by atomic mass is 9.79. The molecular formula is C25H24F3N3O2. The molecule has 8 heteroatoms. The molecule has 0 spiro atoms. The third-order valence-electron chi connectivity index (χ3n) is 6.49. The molecule has 2 aromatic rings. The number of ketones is 1. The van der Waals surface area contributed by atoms with Crippen LogP contribution in [-0.4, -0.2) is 40.2 Å². The monoisotopic (exact) mass is 455 g/mol. The Morgan fingerprint density at radius 1 is 1.24 bits per heavy atom. The third kappa shape index (κ3) is 5.08. The second-order valence-corrected chi connectivity index (χ2v) is 8.78. The Bertz CT molecular complexity index is 1110. The number of aromatic nitrogens is 1. The normalized spacial score (nSPS) is 21.3. The van der Waals surface area contributed by atoms with Crippen LogP contribution in [0.15, 0.2) is 36.7 Å². The van der Waals surface area contributed by atoms with E-state index >= 15 is 0 Å². The van der Waals surface area contributed by atoms with E-state index in [4.69, 9.17) is 6.57 Å². The standard InChI is InChI=1S/C25H24F3N3O2/c1-29-23-13-25(27,28)15-31(23)24(33)8-7-22(32)21-9-10-30-14-18(21)11-16-3-2-4-17-12-19(26)5-6-20(16)17/h5-6,9-10,12,14,16,23H,2-4,7-8,11,13,15H2/t16?,23-/m0/s1. The molecule has 1 aliphatic carbocycles. The number of hydrogen-bond acceptors (Lipinski definition) is 3. The second kappa shape index (κ2) is 9.34. The minimum absolute atomic E-state index is 0.130. The number of alkyl halides is 2. The Kier molecular flexibility index (Phi) is 6.50. The number of fused-ring (bicyclic) bond motifs is 1. The fourth-order valence-electron chi connectivity index (χ4n) is 4.89.